The highest BCUT2D eigenvalue weighted by Gasteiger charge is 2.36. The van der Waals surface area contributed by atoms with Gasteiger partial charge in [0.15, 0.2) is 5.60 Å². The fourth-order valence-electron chi connectivity index (χ4n) is 3.68. The average molecular weight is 502 g/mol. The summed E-state index contributed by atoms with van der Waals surface area (Å²) in [6.07, 6.45) is 3.24. The lowest BCUT2D eigenvalue weighted by Gasteiger charge is -2.34. The number of esters is 1. The van der Waals surface area contributed by atoms with Crippen molar-refractivity contribution in [1.29, 1.82) is 0 Å². The maximum atomic E-state index is 12.7. The molecule has 9 heteroatoms. The Morgan fingerprint density at radius 1 is 1.11 bits per heavy atom. The van der Waals surface area contributed by atoms with Crippen molar-refractivity contribution in [2.45, 2.75) is 38.3 Å². The quantitative estimate of drug-likeness (QED) is 0.376. The summed E-state index contributed by atoms with van der Waals surface area (Å²) in [7, 11) is 1.51. The third-order valence-electron chi connectivity index (χ3n) is 5.38. The van der Waals surface area contributed by atoms with Crippen molar-refractivity contribution in [3.8, 4) is 5.75 Å². The van der Waals surface area contributed by atoms with Gasteiger partial charge < -0.3 is 19.5 Å². The molecule has 2 unspecified atom stereocenters. The topological polar surface area (TPSA) is 73.9 Å². The highest BCUT2D eigenvalue weighted by molar-refractivity contribution is 6.00. The number of para-hydroxylation sites is 1. The van der Waals surface area contributed by atoms with E-state index in [0.717, 1.165) is 12.1 Å². The number of ether oxygens (including phenoxy) is 3. The van der Waals surface area contributed by atoms with E-state index in [-0.39, 0.29) is 12.4 Å². The van der Waals surface area contributed by atoms with E-state index in [0.29, 0.717) is 16.8 Å². The number of hydrogen-bond donors (Lipinski definition) is 1. The van der Waals surface area contributed by atoms with E-state index in [1.54, 1.807) is 55.5 Å². The van der Waals surface area contributed by atoms with Gasteiger partial charge in [-0.1, -0.05) is 30.4 Å². The van der Waals surface area contributed by atoms with Crippen molar-refractivity contribution < 1.29 is 37.0 Å². The molecule has 6 nitrogen and oxygen atoms in total. The van der Waals surface area contributed by atoms with E-state index >= 15 is 0 Å². The van der Waals surface area contributed by atoms with E-state index in [9.17, 15) is 22.8 Å². The number of carbonyl (C=O) groups is 2. The van der Waals surface area contributed by atoms with Gasteiger partial charge in [0.1, 0.15) is 18.5 Å². The van der Waals surface area contributed by atoms with Crippen LogP contribution in [0.4, 0.5) is 18.9 Å². The van der Waals surface area contributed by atoms with Gasteiger partial charge in [0.25, 0.3) is 0 Å². The number of halogens is 3. The maximum Gasteiger partial charge on any atom is 0.416 e. The molecule has 0 fully saturated rings. The average Bonchev–Trinajstić information content (AvgIpc) is 2.81. The molecule has 36 heavy (non-hydrogen) atoms. The summed E-state index contributed by atoms with van der Waals surface area (Å²) in [6, 6.07) is 11.3. The predicted octanol–water partition coefficient (Wildman–Crippen LogP) is 5.61. The van der Waals surface area contributed by atoms with Gasteiger partial charge in [-0.05, 0) is 55.0 Å². The van der Waals surface area contributed by atoms with Crippen molar-refractivity contribution in [3.63, 3.8) is 0 Å². The number of methoxy groups -OCH3 is 1. The van der Waals surface area contributed by atoms with E-state index in [1.165, 1.54) is 32.2 Å². The zero-order valence-corrected chi connectivity index (χ0v) is 20.0. The summed E-state index contributed by atoms with van der Waals surface area (Å²) in [6.45, 7) is 3.07. The second kappa shape index (κ2) is 11.3. The highest BCUT2D eigenvalue weighted by Crippen LogP contribution is 2.31. The number of carbonyl (C=O) groups excluding carboxylic acids is 2. The van der Waals surface area contributed by atoms with Crippen molar-refractivity contribution >= 4 is 17.6 Å². The minimum Gasteiger partial charge on any atom is -0.489 e. The van der Waals surface area contributed by atoms with Crippen LogP contribution in [-0.4, -0.2) is 30.7 Å². The molecule has 0 radical (unpaired) electrons. The van der Waals surface area contributed by atoms with E-state index < -0.39 is 35.3 Å². The van der Waals surface area contributed by atoms with Crippen molar-refractivity contribution in [2.24, 2.45) is 0 Å². The molecule has 1 amide bonds. The summed E-state index contributed by atoms with van der Waals surface area (Å²) in [5.41, 5.74) is 0.00950. The van der Waals surface area contributed by atoms with Crippen molar-refractivity contribution in [2.75, 3.05) is 12.4 Å². The SMILES string of the molecule is COC1C=CC(/C=C/C(=O)Nc2ccccc2COc2ccc(C(F)(F)F)cc2)=CC1(C)OC(C)=O. The lowest BCUT2D eigenvalue weighted by Crippen LogP contribution is -2.43. The first kappa shape index (κ1) is 26.7. The standard InChI is InChI=1S/C27H26F3NO5/c1-18(32)36-26(2)16-19(8-14-24(26)34-3)9-15-25(33)31-23-7-5-4-6-20(23)17-35-22-12-10-21(11-13-22)27(28,29)30/h4-16,24H,17H2,1-3H3,(H,31,33)/b15-9+. The molecule has 0 saturated heterocycles. The molecule has 1 N–H and O–H groups in total. The zero-order chi connectivity index (χ0) is 26.3. The van der Waals surface area contributed by atoms with Crippen LogP contribution in [0.2, 0.25) is 0 Å². The fraction of sp³-hybridized carbons (Fsp3) is 0.259. The fourth-order valence-corrected chi connectivity index (χ4v) is 3.68. The molecule has 1 aliphatic rings. The highest BCUT2D eigenvalue weighted by atomic mass is 19.4. The monoisotopic (exact) mass is 501 g/mol. The smallest absolute Gasteiger partial charge is 0.416 e. The number of allylic oxidation sites excluding steroid dienone is 3. The van der Waals surface area contributed by atoms with Crippen molar-refractivity contribution in [3.05, 3.63) is 95.6 Å². The Balaban J connectivity index is 1.65. The van der Waals surface area contributed by atoms with Crippen molar-refractivity contribution in [1.82, 2.24) is 0 Å². The van der Waals surface area contributed by atoms with Gasteiger partial charge in [0.05, 0.1) is 5.56 Å². The molecule has 0 heterocycles. The second-order valence-electron chi connectivity index (χ2n) is 8.23. The molecule has 2 atom stereocenters. The number of alkyl halides is 3. The lowest BCUT2D eigenvalue weighted by molar-refractivity contribution is -0.159. The molecule has 2 aromatic rings. The van der Waals surface area contributed by atoms with Gasteiger partial charge in [-0.25, -0.2) is 0 Å². The zero-order valence-electron chi connectivity index (χ0n) is 20.0. The maximum absolute atomic E-state index is 12.7. The van der Waals surface area contributed by atoms with Crippen LogP contribution in [0.1, 0.15) is 25.0 Å². The van der Waals surface area contributed by atoms with Crippen LogP contribution in [0.25, 0.3) is 0 Å². The number of amides is 1. The Kier molecular flexibility index (Phi) is 8.37. The number of hydrogen-bond acceptors (Lipinski definition) is 5. The molecule has 0 saturated carbocycles. The Labute approximate surface area is 207 Å². The molecule has 190 valence electrons. The summed E-state index contributed by atoms with van der Waals surface area (Å²) >= 11 is 0. The first-order valence-electron chi connectivity index (χ1n) is 11.0. The molecule has 0 spiro atoms. The van der Waals surface area contributed by atoms with E-state index in [2.05, 4.69) is 5.32 Å². The minimum atomic E-state index is -4.42. The normalized spacial score (nSPS) is 19.6. The molecule has 1 aliphatic carbocycles. The number of nitrogens with one attached hydrogen (secondary N) is 1. The van der Waals surface area contributed by atoms with E-state index in [4.69, 9.17) is 14.2 Å². The lowest BCUT2D eigenvalue weighted by atomic mass is 9.90. The summed E-state index contributed by atoms with van der Waals surface area (Å²) in [4.78, 5) is 24.1. The van der Waals surface area contributed by atoms with E-state index in [1.807, 2.05) is 0 Å². The molecule has 3 rings (SSSR count). The van der Waals surface area contributed by atoms with Gasteiger partial charge >= 0.3 is 12.1 Å². The third kappa shape index (κ3) is 7.08. The molecule has 2 aromatic carbocycles. The number of rotatable bonds is 8. The Bertz CT molecular complexity index is 1180. The molecule has 0 aromatic heterocycles. The molecule has 0 aliphatic heterocycles. The van der Waals surface area contributed by atoms with Crippen LogP contribution in [-0.2, 0) is 31.8 Å². The van der Waals surface area contributed by atoms with Crippen LogP contribution < -0.4 is 10.1 Å². The Morgan fingerprint density at radius 2 is 1.81 bits per heavy atom. The predicted molar refractivity (Wildman–Crippen MR) is 128 cm³/mol. The van der Waals surface area contributed by atoms with Gasteiger partial charge in [-0.15, -0.1) is 0 Å². The summed E-state index contributed by atoms with van der Waals surface area (Å²) < 4.78 is 54.6. The molecular weight excluding hydrogens is 475 g/mol. The van der Waals surface area contributed by atoms with Crippen LogP contribution >= 0.6 is 0 Å². The summed E-state index contributed by atoms with van der Waals surface area (Å²) in [5.74, 6) is -0.595. The van der Waals surface area contributed by atoms with Gasteiger partial charge in [0.2, 0.25) is 5.91 Å². The second-order valence-corrected chi connectivity index (χ2v) is 8.23. The minimum absolute atomic E-state index is 0.0402. The first-order valence-corrected chi connectivity index (χ1v) is 11.0. The van der Waals surface area contributed by atoms with Crippen LogP contribution in [0.15, 0.2) is 84.5 Å². The molecule has 0 bridgehead atoms. The third-order valence-corrected chi connectivity index (χ3v) is 5.38. The van der Waals surface area contributed by atoms with Crippen LogP contribution in [0.5, 0.6) is 5.75 Å². The Morgan fingerprint density at radius 3 is 2.44 bits per heavy atom. The van der Waals surface area contributed by atoms with Gasteiger partial charge in [-0.3, -0.25) is 9.59 Å². The summed E-state index contributed by atoms with van der Waals surface area (Å²) in [5, 5.41) is 2.77. The van der Waals surface area contributed by atoms with Crippen LogP contribution in [0.3, 0.4) is 0 Å². The molecular formula is C27H26F3NO5. The van der Waals surface area contributed by atoms with Crippen LogP contribution in [0, 0.1) is 0 Å². The largest absolute Gasteiger partial charge is 0.489 e. The number of benzene rings is 2. The number of anilines is 1. The first-order chi connectivity index (χ1) is 17.0. The van der Waals surface area contributed by atoms with Gasteiger partial charge in [0, 0.05) is 31.4 Å². The van der Waals surface area contributed by atoms with Gasteiger partial charge in [-0.2, -0.15) is 13.2 Å². The Hall–Kier alpha value is -3.85.